The second-order valence-electron chi connectivity index (χ2n) is 6.08. The van der Waals surface area contributed by atoms with Crippen LogP contribution in [0.4, 0.5) is 4.39 Å². The molecule has 0 aliphatic carbocycles. The Labute approximate surface area is 127 Å². The van der Waals surface area contributed by atoms with Crippen molar-refractivity contribution in [2.75, 3.05) is 6.54 Å². The number of nitrogens with one attached hydrogen (secondary N) is 1. The number of hydrogen-bond donors (Lipinski definition) is 1. The molecule has 1 N–H and O–H groups in total. The fraction of sp³-hybridized carbons (Fsp3) is 0.368. The fourth-order valence-electron chi connectivity index (χ4n) is 2.91. The first-order chi connectivity index (χ1) is 9.96. The van der Waals surface area contributed by atoms with Crippen LogP contribution in [0.25, 0.3) is 0 Å². The first-order valence-corrected chi connectivity index (χ1v) is 7.51. The maximum Gasteiger partial charge on any atom is 0.123 e. The molecule has 1 unspecified atom stereocenters. The molecule has 0 spiro atoms. The molecule has 0 bridgehead atoms. The maximum atomic E-state index is 13.7. The van der Waals surface area contributed by atoms with Crippen molar-refractivity contribution in [3.05, 3.63) is 71.0 Å². The zero-order valence-corrected chi connectivity index (χ0v) is 13.3. The van der Waals surface area contributed by atoms with Crippen LogP contribution in [0.15, 0.2) is 48.5 Å². The van der Waals surface area contributed by atoms with E-state index in [0.29, 0.717) is 0 Å². The van der Waals surface area contributed by atoms with Gasteiger partial charge in [-0.15, -0.1) is 0 Å². The van der Waals surface area contributed by atoms with E-state index < -0.39 is 0 Å². The van der Waals surface area contributed by atoms with Crippen LogP contribution in [0.5, 0.6) is 0 Å². The SMILES string of the molecule is CCNC(c1cc(F)ccc1C)C(C)(C)c1ccccc1. The van der Waals surface area contributed by atoms with E-state index >= 15 is 0 Å². The molecule has 2 heteroatoms. The largest absolute Gasteiger partial charge is 0.309 e. The first-order valence-electron chi connectivity index (χ1n) is 7.51. The molecule has 1 atom stereocenters. The summed E-state index contributed by atoms with van der Waals surface area (Å²) in [4.78, 5) is 0. The Balaban J connectivity index is 2.50. The number of halogens is 1. The number of rotatable bonds is 5. The maximum absolute atomic E-state index is 13.7. The van der Waals surface area contributed by atoms with Gasteiger partial charge in [0.05, 0.1) is 0 Å². The van der Waals surface area contributed by atoms with Gasteiger partial charge in [-0.05, 0) is 42.3 Å². The minimum absolute atomic E-state index is 0.0700. The van der Waals surface area contributed by atoms with Crippen molar-refractivity contribution in [2.24, 2.45) is 0 Å². The molecule has 2 aromatic rings. The number of likely N-dealkylation sites (N-methyl/N-ethyl adjacent to an activating group) is 1. The molecule has 0 amide bonds. The van der Waals surface area contributed by atoms with Crippen molar-refractivity contribution in [1.82, 2.24) is 5.32 Å². The Bertz CT molecular complexity index is 590. The first kappa shape index (κ1) is 15.7. The van der Waals surface area contributed by atoms with Crippen LogP contribution in [0.1, 0.15) is 43.5 Å². The van der Waals surface area contributed by atoms with Crippen LogP contribution < -0.4 is 5.32 Å². The van der Waals surface area contributed by atoms with Crippen molar-refractivity contribution in [2.45, 2.75) is 39.2 Å². The van der Waals surface area contributed by atoms with Gasteiger partial charge in [0.15, 0.2) is 0 Å². The number of aryl methyl sites for hydroxylation is 1. The van der Waals surface area contributed by atoms with Gasteiger partial charge < -0.3 is 5.32 Å². The Kier molecular flexibility index (Phi) is 4.79. The van der Waals surface area contributed by atoms with E-state index in [1.807, 2.05) is 19.1 Å². The highest BCUT2D eigenvalue weighted by Crippen LogP contribution is 2.38. The quantitative estimate of drug-likeness (QED) is 0.835. The Hall–Kier alpha value is -1.67. The lowest BCUT2D eigenvalue weighted by molar-refractivity contribution is 0.351. The predicted octanol–water partition coefficient (Wildman–Crippen LogP) is 4.76. The molecule has 0 aromatic heterocycles. The summed E-state index contributed by atoms with van der Waals surface area (Å²) in [6.45, 7) is 9.39. The predicted molar refractivity (Wildman–Crippen MR) is 87.0 cm³/mol. The van der Waals surface area contributed by atoms with E-state index in [1.165, 1.54) is 11.6 Å². The lowest BCUT2D eigenvalue weighted by atomic mass is 9.74. The molecule has 0 heterocycles. The third kappa shape index (κ3) is 3.33. The van der Waals surface area contributed by atoms with E-state index in [-0.39, 0.29) is 17.3 Å². The van der Waals surface area contributed by atoms with E-state index in [4.69, 9.17) is 0 Å². The number of benzene rings is 2. The Morgan fingerprint density at radius 1 is 1.10 bits per heavy atom. The van der Waals surface area contributed by atoms with Crippen molar-refractivity contribution in [3.8, 4) is 0 Å². The summed E-state index contributed by atoms with van der Waals surface area (Å²) in [5.41, 5.74) is 3.27. The fourth-order valence-corrected chi connectivity index (χ4v) is 2.91. The van der Waals surface area contributed by atoms with Crippen LogP contribution >= 0.6 is 0 Å². The van der Waals surface area contributed by atoms with Gasteiger partial charge in [-0.1, -0.05) is 57.2 Å². The van der Waals surface area contributed by atoms with Crippen molar-refractivity contribution in [1.29, 1.82) is 0 Å². The highest BCUT2D eigenvalue weighted by molar-refractivity contribution is 5.36. The monoisotopic (exact) mass is 285 g/mol. The smallest absolute Gasteiger partial charge is 0.123 e. The average molecular weight is 285 g/mol. The van der Waals surface area contributed by atoms with Gasteiger partial charge in [-0.25, -0.2) is 4.39 Å². The summed E-state index contributed by atoms with van der Waals surface area (Å²) in [6, 6.07) is 15.5. The van der Waals surface area contributed by atoms with Crippen molar-refractivity contribution >= 4 is 0 Å². The molecule has 0 fully saturated rings. The van der Waals surface area contributed by atoms with Gasteiger partial charge >= 0.3 is 0 Å². The van der Waals surface area contributed by atoms with Gasteiger partial charge in [0.1, 0.15) is 5.82 Å². The molecule has 0 saturated heterocycles. The van der Waals surface area contributed by atoms with E-state index in [1.54, 1.807) is 6.07 Å². The van der Waals surface area contributed by atoms with Gasteiger partial charge in [0.2, 0.25) is 0 Å². The molecule has 0 radical (unpaired) electrons. The lowest BCUT2D eigenvalue weighted by Gasteiger charge is -2.37. The Morgan fingerprint density at radius 2 is 1.76 bits per heavy atom. The third-order valence-electron chi connectivity index (χ3n) is 4.20. The van der Waals surface area contributed by atoms with Crippen molar-refractivity contribution in [3.63, 3.8) is 0 Å². The molecular formula is C19H24FN. The van der Waals surface area contributed by atoms with E-state index in [0.717, 1.165) is 17.7 Å². The van der Waals surface area contributed by atoms with Crippen LogP contribution in [0.2, 0.25) is 0 Å². The second kappa shape index (κ2) is 6.40. The zero-order valence-electron chi connectivity index (χ0n) is 13.3. The average Bonchev–Trinajstić information content (AvgIpc) is 2.48. The summed E-state index contributed by atoms with van der Waals surface area (Å²) >= 11 is 0. The molecule has 112 valence electrons. The zero-order chi connectivity index (χ0) is 15.5. The summed E-state index contributed by atoms with van der Waals surface area (Å²) in [7, 11) is 0. The summed E-state index contributed by atoms with van der Waals surface area (Å²) in [6.07, 6.45) is 0. The van der Waals surface area contributed by atoms with Crippen molar-refractivity contribution < 1.29 is 4.39 Å². The minimum Gasteiger partial charge on any atom is -0.309 e. The van der Waals surface area contributed by atoms with Gasteiger partial charge in [-0.3, -0.25) is 0 Å². The van der Waals surface area contributed by atoms with E-state index in [2.05, 4.69) is 50.4 Å². The normalized spacial score (nSPS) is 13.2. The minimum atomic E-state index is -0.178. The molecule has 0 aliphatic heterocycles. The highest BCUT2D eigenvalue weighted by atomic mass is 19.1. The molecule has 2 rings (SSSR count). The highest BCUT2D eigenvalue weighted by Gasteiger charge is 2.32. The van der Waals surface area contributed by atoms with Crippen LogP contribution in [0, 0.1) is 12.7 Å². The van der Waals surface area contributed by atoms with Crippen LogP contribution in [-0.4, -0.2) is 6.54 Å². The third-order valence-corrected chi connectivity index (χ3v) is 4.20. The van der Waals surface area contributed by atoms with Crippen LogP contribution in [0.3, 0.4) is 0 Å². The molecular weight excluding hydrogens is 261 g/mol. The number of hydrogen-bond acceptors (Lipinski definition) is 1. The second-order valence-corrected chi connectivity index (χ2v) is 6.08. The molecule has 0 aliphatic rings. The Morgan fingerprint density at radius 3 is 2.38 bits per heavy atom. The molecule has 2 aromatic carbocycles. The van der Waals surface area contributed by atoms with Gasteiger partial charge in [0.25, 0.3) is 0 Å². The molecule has 0 saturated carbocycles. The van der Waals surface area contributed by atoms with Crippen LogP contribution in [-0.2, 0) is 5.41 Å². The molecule has 21 heavy (non-hydrogen) atoms. The van der Waals surface area contributed by atoms with Gasteiger partial charge in [-0.2, -0.15) is 0 Å². The lowest BCUT2D eigenvalue weighted by Crippen LogP contribution is -2.38. The summed E-state index contributed by atoms with van der Waals surface area (Å²) < 4.78 is 13.7. The summed E-state index contributed by atoms with van der Waals surface area (Å²) in [5, 5.41) is 3.54. The summed E-state index contributed by atoms with van der Waals surface area (Å²) in [5.74, 6) is -0.178. The van der Waals surface area contributed by atoms with E-state index in [9.17, 15) is 4.39 Å². The standard InChI is InChI=1S/C19H24FN/c1-5-21-18(17-13-16(20)12-11-14(17)2)19(3,4)15-9-7-6-8-10-15/h6-13,18,21H,5H2,1-4H3. The topological polar surface area (TPSA) is 12.0 Å². The molecule has 1 nitrogen and oxygen atoms in total. The van der Waals surface area contributed by atoms with Gasteiger partial charge in [0, 0.05) is 11.5 Å².